The quantitative estimate of drug-likeness (QED) is 0.261. The van der Waals surface area contributed by atoms with Crippen molar-refractivity contribution < 1.29 is 9.21 Å². The average molecular weight is 485 g/mol. The van der Waals surface area contributed by atoms with Gasteiger partial charge in [-0.1, -0.05) is 47.7 Å². The summed E-state index contributed by atoms with van der Waals surface area (Å²) in [5.74, 6) is 1.42. The molecule has 1 aliphatic rings. The standard InChI is InChI=1S/C26H24N6O2S/c1-3-13-31-25(20-6-4-12-27-16-20)28-29-26(31)35-17-24(33)32-22(23-7-5-14-34-23)15-21(30-32)19-10-8-18(2)9-11-19/h3-12,14,16,22H,1,13,15,17H2,2H3. The molecule has 8 nitrogen and oxygen atoms in total. The van der Waals surface area contributed by atoms with Crippen molar-refractivity contribution in [2.24, 2.45) is 5.10 Å². The molecule has 5 rings (SSSR count). The van der Waals surface area contributed by atoms with Crippen LogP contribution in [0.4, 0.5) is 0 Å². The van der Waals surface area contributed by atoms with Crippen molar-refractivity contribution in [3.8, 4) is 11.4 Å². The maximum absolute atomic E-state index is 13.4. The van der Waals surface area contributed by atoms with E-state index >= 15 is 0 Å². The van der Waals surface area contributed by atoms with Crippen LogP contribution in [0.25, 0.3) is 11.4 Å². The van der Waals surface area contributed by atoms with Crippen LogP contribution in [0, 0.1) is 6.92 Å². The van der Waals surface area contributed by atoms with Crippen molar-refractivity contribution in [2.45, 2.75) is 31.1 Å². The van der Waals surface area contributed by atoms with E-state index in [2.05, 4.69) is 21.8 Å². The van der Waals surface area contributed by atoms with E-state index in [1.54, 1.807) is 24.7 Å². The molecule has 0 spiro atoms. The first kappa shape index (κ1) is 22.8. The maximum atomic E-state index is 13.4. The molecule has 1 atom stereocenters. The molecular formula is C26H24N6O2S. The topological polar surface area (TPSA) is 89.4 Å². The van der Waals surface area contributed by atoms with E-state index in [1.807, 2.05) is 60.0 Å². The fourth-order valence-corrected chi connectivity index (χ4v) is 4.75. The molecule has 0 bridgehead atoms. The van der Waals surface area contributed by atoms with Gasteiger partial charge in [0.25, 0.3) is 5.91 Å². The van der Waals surface area contributed by atoms with E-state index in [4.69, 9.17) is 9.52 Å². The van der Waals surface area contributed by atoms with Crippen LogP contribution < -0.4 is 0 Å². The zero-order valence-electron chi connectivity index (χ0n) is 19.2. The lowest BCUT2D eigenvalue weighted by Gasteiger charge is -2.19. The normalized spacial score (nSPS) is 15.3. The van der Waals surface area contributed by atoms with E-state index in [0.29, 0.717) is 29.7 Å². The number of furan rings is 1. The third-order valence-corrected chi connectivity index (χ3v) is 6.65. The summed E-state index contributed by atoms with van der Waals surface area (Å²) in [7, 11) is 0. The smallest absolute Gasteiger partial charge is 0.253 e. The number of aromatic nitrogens is 4. The second-order valence-electron chi connectivity index (χ2n) is 8.12. The first-order valence-electron chi connectivity index (χ1n) is 11.2. The molecule has 0 aliphatic carbocycles. The molecule has 0 fully saturated rings. The van der Waals surface area contributed by atoms with Crippen molar-refractivity contribution in [3.63, 3.8) is 0 Å². The fourth-order valence-electron chi connectivity index (χ4n) is 3.95. The van der Waals surface area contributed by atoms with Gasteiger partial charge >= 0.3 is 0 Å². The molecule has 0 radical (unpaired) electrons. The molecule has 1 unspecified atom stereocenters. The maximum Gasteiger partial charge on any atom is 0.253 e. The number of allylic oxidation sites excluding steroid dienone is 1. The second-order valence-corrected chi connectivity index (χ2v) is 9.06. The third kappa shape index (κ3) is 4.81. The van der Waals surface area contributed by atoms with Crippen LogP contribution in [0.3, 0.4) is 0 Å². The minimum Gasteiger partial charge on any atom is -0.467 e. The SMILES string of the molecule is C=CCn1c(SCC(=O)N2N=C(c3ccc(C)cc3)CC2c2ccco2)nnc1-c1cccnc1. The Balaban J connectivity index is 1.37. The van der Waals surface area contributed by atoms with E-state index < -0.39 is 0 Å². The van der Waals surface area contributed by atoms with Crippen molar-refractivity contribution >= 4 is 23.4 Å². The predicted octanol–water partition coefficient (Wildman–Crippen LogP) is 4.90. The summed E-state index contributed by atoms with van der Waals surface area (Å²) >= 11 is 1.33. The number of aryl methyl sites for hydroxylation is 1. The molecular weight excluding hydrogens is 460 g/mol. The van der Waals surface area contributed by atoms with Crippen LogP contribution in [-0.2, 0) is 11.3 Å². The highest BCUT2D eigenvalue weighted by Crippen LogP contribution is 2.34. The minimum atomic E-state index is -0.286. The molecule has 3 aromatic heterocycles. The van der Waals surface area contributed by atoms with Gasteiger partial charge in [0.05, 0.1) is 17.7 Å². The minimum absolute atomic E-state index is 0.130. The van der Waals surface area contributed by atoms with Crippen molar-refractivity contribution in [1.82, 2.24) is 24.8 Å². The van der Waals surface area contributed by atoms with Crippen LogP contribution in [0.15, 0.2) is 94.5 Å². The van der Waals surface area contributed by atoms with Gasteiger partial charge in [0.15, 0.2) is 11.0 Å². The number of benzene rings is 1. The number of carbonyl (C=O) groups is 1. The number of nitrogens with zero attached hydrogens (tertiary/aromatic N) is 6. The number of hydrazone groups is 1. The monoisotopic (exact) mass is 484 g/mol. The van der Waals surface area contributed by atoms with Gasteiger partial charge in [0, 0.05) is 30.9 Å². The van der Waals surface area contributed by atoms with E-state index in [0.717, 1.165) is 16.8 Å². The molecule has 9 heteroatoms. The Hall–Kier alpha value is -3.98. The highest BCUT2D eigenvalue weighted by molar-refractivity contribution is 7.99. The average Bonchev–Trinajstić information content (AvgIpc) is 3.64. The number of hydrogen-bond donors (Lipinski definition) is 0. The second kappa shape index (κ2) is 10.1. The lowest BCUT2D eigenvalue weighted by atomic mass is 10.0. The van der Waals surface area contributed by atoms with E-state index in [-0.39, 0.29) is 17.7 Å². The Morgan fingerprint density at radius 1 is 1.17 bits per heavy atom. The van der Waals surface area contributed by atoms with E-state index in [9.17, 15) is 4.79 Å². The summed E-state index contributed by atoms with van der Waals surface area (Å²) in [6.45, 7) is 6.41. The van der Waals surface area contributed by atoms with Crippen LogP contribution in [0.2, 0.25) is 0 Å². The third-order valence-electron chi connectivity index (χ3n) is 5.70. The molecule has 4 heterocycles. The van der Waals surface area contributed by atoms with Gasteiger partial charge < -0.3 is 4.42 Å². The van der Waals surface area contributed by atoms with Crippen molar-refractivity contribution in [1.29, 1.82) is 0 Å². The van der Waals surface area contributed by atoms with Crippen LogP contribution in [0.1, 0.15) is 29.3 Å². The summed E-state index contributed by atoms with van der Waals surface area (Å²) in [5, 5.41) is 15.5. The Kier molecular flexibility index (Phi) is 6.58. The Bertz CT molecular complexity index is 1350. The number of rotatable bonds is 8. The first-order valence-corrected chi connectivity index (χ1v) is 12.2. The summed E-state index contributed by atoms with van der Waals surface area (Å²) in [5.41, 5.74) is 3.89. The lowest BCUT2D eigenvalue weighted by Crippen LogP contribution is -2.28. The highest BCUT2D eigenvalue weighted by Gasteiger charge is 2.35. The zero-order chi connectivity index (χ0) is 24.2. The Labute approximate surface area is 207 Å². The van der Waals surface area contributed by atoms with Gasteiger partial charge in [-0.05, 0) is 36.8 Å². The molecule has 1 aromatic carbocycles. The molecule has 1 amide bonds. The number of hydrogen-bond acceptors (Lipinski definition) is 7. The summed E-state index contributed by atoms with van der Waals surface area (Å²) in [6, 6.07) is 15.4. The van der Waals surface area contributed by atoms with Crippen molar-refractivity contribution in [3.05, 3.63) is 96.7 Å². The fraction of sp³-hybridized carbons (Fsp3) is 0.192. The number of pyridine rings is 1. The first-order chi connectivity index (χ1) is 17.1. The molecule has 176 valence electrons. The van der Waals surface area contributed by atoms with Crippen LogP contribution in [-0.4, -0.2) is 42.1 Å². The van der Waals surface area contributed by atoms with Gasteiger partial charge in [-0.25, -0.2) is 5.01 Å². The largest absolute Gasteiger partial charge is 0.467 e. The molecule has 0 saturated heterocycles. The van der Waals surface area contributed by atoms with Gasteiger partial charge in [-0.15, -0.1) is 16.8 Å². The Morgan fingerprint density at radius 3 is 2.74 bits per heavy atom. The van der Waals surface area contributed by atoms with Crippen LogP contribution in [0.5, 0.6) is 0 Å². The number of amides is 1. The highest BCUT2D eigenvalue weighted by atomic mass is 32.2. The van der Waals surface area contributed by atoms with Gasteiger partial charge in [-0.3, -0.25) is 14.3 Å². The summed E-state index contributed by atoms with van der Waals surface area (Å²) in [6.07, 6.45) is 7.44. The molecule has 4 aromatic rings. The van der Waals surface area contributed by atoms with Crippen molar-refractivity contribution in [2.75, 3.05) is 5.75 Å². The molecule has 1 aliphatic heterocycles. The summed E-state index contributed by atoms with van der Waals surface area (Å²) in [4.78, 5) is 17.5. The van der Waals surface area contributed by atoms with Crippen LogP contribution >= 0.6 is 11.8 Å². The summed E-state index contributed by atoms with van der Waals surface area (Å²) < 4.78 is 7.58. The van der Waals surface area contributed by atoms with Gasteiger partial charge in [0.1, 0.15) is 11.8 Å². The molecule has 35 heavy (non-hydrogen) atoms. The number of thioether (sulfide) groups is 1. The van der Waals surface area contributed by atoms with Gasteiger partial charge in [-0.2, -0.15) is 5.10 Å². The van der Waals surface area contributed by atoms with Gasteiger partial charge in [0.2, 0.25) is 0 Å². The molecule has 0 saturated carbocycles. The zero-order valence-corrected chi connectivity index (χ0v) is 20.1. The predicted molar refractivity (Wildman–Crippen MR) is 135 cm³/mol. The number of carbonyl (C=O) groups excluding carboxylic acids is 1. The molecule has 0 N–H and O–H groups in total. The lowest BCUT2D eigenvalue weighted by molar-refractivity contribution is -0.130. The van der Waals surface area contributed by atoms with E-state index in [1.165, 1.54) is 22.3 Å². The Morgan fingerprint density at radius 2 is 2.03 bits per heavy atom.